The molecule has 10 heteroatoms. The van der Waals surface area contributed by atoms with Gasteiger partial charge in [-0.25, -0.2) is 0 Å². The monoisotopic (exact) mass is 570 g/mol. The van der Waals surface area contributed by atoms with E-state index in [4.69, 9.17) is 4.18 Å². The minimum atomic E-state index is -6.49. The summed E-state index contributed by atoms with van der Waals surface area (Å²) in [7, 11) is -6.49. The van der Waals surface area contributed by atoms with E-state index in [-0.39, 0.29) is 23.5 Å². The van der Waals surface area contributed by atoms with Gasteiger partial charge in [-0.1, -0.05) is 77.3 Å². The van der Waals surface area contributed by atoms with Crippen molar-refractivity contribution in [1.82, 2.24) is 0 Å². The van der Waals surface area contributed by atoms with Crippen LogP contribution in [-0.2, 0) is 10.1 Å². The molecule has 0 saturated heterocycles. The molecule has 0 spiro atoms. The Kier molecular flexibility index (Phi) is 9.79. The maximum Gasteiger partial charge on any atom is 0.449 e. The van der Waals surface area contributed by atoms with Crippen LogP contribution in [0.5, 0.6) is 5.75 Å². The van der Waals surface area contributed by atoms with Crippen LogP contribution in [0.25, 0.3) is 0 Å². The minimum absolute atomic E-state index is 0.106. The molecule has 218 valence electrons. The molecule has 0 N–H and O–H groups in total. The molecule has 0 radical (unpaired) electrons. The number of rotatable bonds is 11. The predicted octanol–water partition coefficient (Wildman–Crippen LogP) is 9.67. The number of alkyl halides is 6. The van der Waals surface area contributed by atoms with Gasteiger partial charge in [0.05, 0.1) is 0 Å². The lowest BCUT2D eigenvalue weighted by atomic mass is 9.77. The Morgan fingerprint density at radius 3 is 1.71 bits per heavy atom. The molecule has 0 aliphatic heterocycles. The smallest absolute Gasteiger partial charge is 0.377 e. The van der Waals surface area contributed by atoms with Crippen LogP contribution in [0.4, 0.5) is 26.3 Å². The van der Waals surface area contributed by atoms with E-state index in [0.717, 1.165) is 63.4 Å². The third-order valence-corrected chi connectivity index (χ3v) is 9.51. The van der Waals surface area contributed by atoms with Gasteiger partial charge in [0.2, 0.25) is 0 Å². The molecule has 1 aromatic carbocycles. The van der Waals surface area contributed by atoms with Gasteiger partial charge in [-0.2, -0.15) is 34.8 Å². The van der Waals surface area contributed by atoms with Crippen molar-refractivity contribution in [2.24, 2.45) is 0 Å². The van der Waals surface area contributed by atoms with E-state index in [0.29, 0.717) is 36.8 Å². The SMILES string of the molecule is CCCCC(C)c1cc(C2CCCCC2)c(OS(=O)(=O)C(F)(F)C(F)(F)C(C)(F)F)c(C2CCCCC2)c1. The molecule has 38 heavy (non-hydrogen) atoms. The first-order chi connectivity index (χ1) is 17.6. The summed E-state index contributed by atoms with van der Waals surface area (Å²) in [6.07, 6.45) is 10.9. The maximum atomic E-state index is 14.7. The normalized spacial score (nSPS) is 19.9. The molecule has 3 nitrogen and oxygen atoms in total. The zero-order valence-electron chi connectivity index (χ0n) is 22.5. The Balaban J connectivity index is 2.19. The topological polar surface area (TPSA) is 43.4 Å². The van der Waals surface area contributed by atoms with Gasteiger partial charge in [0.25, 0.3) is 0 Å². The molecule has 1 atom stereocenters. The summed E-state index contributed by atoms with van der Waals surface area (Å²) < 4.78 is 115. The quantitative estimate of drug-likeness (QED) is 0.197. The maximum absolute atomic E-state index is 14.7. The average molecular weight is 571 g/mol. The number of hydrogen-bond acceptors (Lipinski definition) is 3. The van der Waals surface area contributed by atoms with Gasteiger partial charge in [-0.05, 0) is 66.5 Å². The second kappa shape index (κ2) is 12.0. The highest BCUT2D eigenvalue weighted by atomic mass is 32.2. The second-order valence-corrected chi connectivity index (χ2v) is 12.8. The lowest BCUT2D eigenvalue weighted by molar-refractivity contribution is -0.272. The van der Waals surface area contributed by atoms with Crippen molar-refractivity contribution < 1.29 is 38.9 Å². The molecule has 3 rings (SSSR count). The highest BCUT2D eigenvalue weighted by molar-refractivity contribution is 7.88. The molecule has 1 aromatic rings. The van der Waals surface area contributed by atoms with Crippen molar-refractivity contribution >= 4 is 10.1 Å². The van der Waals surface area contributed by atoms with Crippen LogP contribution in [0.1, 0.15) is 139 Å². The Hall–Kier alpha value is -1.45. The van der Waals surface area contributed by atoms with Gasteiger partial charge in [0, 0.05) is 6.92 Å². The molecule has 0 aromatic heterocycles. The number of benzene rings is 1. The number of unbranched alkanes of at least 4 members (excludes halogenated alkanes) is 1. The fourth-order valence-electron chi connectivity index (χ4n) is 5.76. The predicted molar refractivity (Wildman–Crippen MR) is 136 cm³/mol. The fourth-order valence-corrected chi connectivity index (χ4v) is 6.77. The number of halogens is 6. The summed E-state index contributed by atoms with van der Waals surface area (Å²) in [4.78, 5) is 0. The first kappa shape index (κ1) is 31.1. The van der Waals surface area contributed by atoms with Crippen LogP contribution >= 0.6 is 0 Å². The lowest BCUT2D eigenvalue weighted by Crippen LogP contribution is -2.57. The summed E-state index contributed by atoms with van der Waals surface area (Å²) in [6.45, 7) is 3.70. The van der Waals surface area contributed by atoms with E-state index in [1.807, 2.05) is 0 Å². The molecule has 2 fully saturated rings. The Morgan fingerprint density at radius 1 is 0.868 bits per heavy atom. The van der Waals surface area contributed by atoms with Crippen molar-refractivity contribution in [3.63, 3.8) is 0 Å². The highest BCUT2D eigenvalue weighted by Crippen LogP contribution is 2.51. The molecule has 0 bridgehead atoms. The molecule has 1 unspecified atom stereocenters. The lowest BCUT2D eigenvalue weighted by Gasteiger charge is -2.33. The summed E-state index contributed by atoms with van der Waals surface area (Å²) >= 11 is 0. The number of hydrogen-bond donors (Lipinski definition) is 0. The van der Waals surface area contributed by atoms with Crippen LogP contribution in [0.2, 0.25) is 0 Å². The van der Waals surface area contributed by atoms with E-state index in [2.05, 4.69) is 13.8 Å². The van der Waals surface area contributed by atoms with Crippen molar-refractivity contribution in [1.29, 1.82) is 0 Å². The molecule has 2 saturated carbocycles. The zero-order chi connectivity index (χ0) is 28.4. The van der Waals surface area contributed by atoms with E-state index < -0.39 is 34.1 Å². The molecular formula is C28H40F6O3S. The van der Waals surface area contributed by atoms with Gasteiger partial charge in [-0.15, -0.1) is 0 Å². The van der Waals surface area contributed by atoms with Gasteiger partial charge in [0.1, 0.15) is 5.75 Å². The van der Waals surface area contributed by atoms with Crippen LogP contribution in [0.3, 0.4) is 0 Å². The zero-order valence-corrected chi connectivity index (χ0v) is 23.3. The largest absolute Gasteiger partial charge is 0.449 e. The van der Waals surface area contributed by atoms with Crippen LogP contribution in [0.15, 0.2) is 12.1 Å². The summed E-state index contributed by atoms with van der Waals surface area (Å²) in [5.41, 5.74) is 1.76. The van der Waals surface area contributed by atoms with Crippen molar-refractivity contribution in [3.8, 4) is 5.75 Å². The Morgan fingerprint density at radius 2 is 1.32 bits per heavy atom. The Bertz CT molecular complexity index is 1000. The van der Waals surface area contributed by atoms with Crippen molar-refractivity contribution in [2.45, 2.75) is 139 Å². The Labute approximate surface area is 222 Å². The van der Waals surface area contributed by atoms with Crippen LogP contribution in [-0.4, -0.2) is 25.5 Å². The first-order valence-electron chi connectivity index (χ1n) is 13.9. The molecular weight excluding hydrogens is 530 g/mol. The van der Waals surface area contributed by atoms with E-state index in [1.54, 1.807) is 12.1 Å². The average Bonchev–Trinajstić information content (AvgIpc) is 2.87. The third-order valence-electron chi connectivity index (χ3n) is 8.24. The second-order valence-electron chi connectivity index (χ2n) is 11.3. The molecule has 0 heterocycles. The van der Waals surface area contributed by atoms with Gasteiger partial charge >= 0.3 is 27.2 Å². The molecule has 2 aliphatic carbocycles. The van der Waals surface area contributed by atoms with E-state index in [9.17, 15) is 34.8 Å². The van der Waals surface area contributed by atoms with Crippen molar-refractivity contribution in [3.05, 3.63) is 28.8 Å². The first-order valence-corrected chi connectivity index (χ1v) is 15.3. The van der Waals surface area contributed by atoms with Gasteiger partial charge < -0.3 is 4.18 Å². The minimum Gasteiger partial charge on any atom is -0.377 e. The van der Waals surface area contributed by atoms with Gasteiger partial charge in [0.15, 0.2) is 0 Å². The highest BCUT2D eigenvalue weighted by Gasteiger charge is 2.77. The van der Waals surface area contributed by atoms with Crippen molar-refractivity contribution in [2.75, 3.05) is 0 Å². The standard InChI is InChI=1S/C28H40F6O3S/c1-4-5-12-19(2)22-17-23(20-13-8-6-9-14-20)25(24(18-22)21-15-10-7-11-16-21)37-38(35,36)28(33,34)27(31,32)26(3,29)30/h17-21H,4-16H2,1-3H3. The van der Waals surface area contributed by atoms with E-state index in [1.165, 1.54) is 0 Å². The fraction of sp³-hybridized carbons (Fsp3) is 0.786. The third kappa shape index (κ3) is 6.30. The molecule has 0 amide bonds. The summed E-state index contributed by atoms with van der Waals surface area (Å²) in [6, 6.07) is 3.55. The summed E-state index contributed by atoms with van der Waals surface area (Å²) in [5, 5.41) is -6.14. The van der Waals surface area contributed by atoms with Crippen LogP contribution in [0, 0.1) is 0 Å². The summed E-state index contributed by atoms with van der Waals surface area (Å²) in [5.74, 6) is -12.1. The van der Waals surface area contributed by atoms with Gasteiger partial charge in [-0.3, -0.25) is 0 Å². The van der Waals surface area contributed by atoms with Crippen LogP contribution < -0.4 is 4.18 Å². The van der Waals surface area contributed by atoms with E-state index >= 15 is 0 Å². The molecule has 2 aliphatic rings.